The lowest BCUT2D eigenvalue weighted by Crippen LogP contribution is -2.05. The third kappa shape index (κ3) is 1.04. The molecule has 0 heterocycles. The van der Waals surface area contributed by atoms with Crippen molar-refractivity contribution in [3.8, 4) is 6.07 Å². The quantitative estimate of drug-likeness (QED) is 0.638. The first-order valence-electron chi connectivity index (χ1n) is 4.06. The minimum atomic E-state index is -0.226. The van der Waals surface area contributed by atoms with Gasteiger partial charge in [-0.15, -0.1) is 0 Å². The van der Waals surface area contributed by atoms with Crippen molar-refractivity contribution in [3.63, 3.8) is 0 Å². The highest BCUT2D eigenvalue weighted by atomic mass is 16.1. The van der Waals surface area contributed by atoms with Crippen molar-refractivity contribution in [3.05, 3.63) is 34.9 Å². The van der Waals surface area contributed by atoms with Crippen molar-refractivity contribution in [2.45, 2.75) is 12.5 Å². The molecular weight excluding hydrogens is 164 g/mol. The van der Waals surface area contributed by atoms with Gasteiger partial charge in [0.15, 0.2) is 5.78 Å². The van der Waals surface area contributed by atoms with Crippen LogP contribution in [0.3, 0.4) is 0 Å². The van der Waals surface area contributed by atoms with E-state index in [9.17, 15) is 4.79 Å². The summed E-state index contributed by atoms with van der Waals surface area (Å²) in [6.45, 7) is 0. The van der Waals surface area contributed by atoms with Crippen LogP contribution < -0.4 is 5.73 Å². The zero-order chi connectivity index (χ0) is 9.42. The molecular formula is C10H8N2O. The van der Waals surface area contributed by atoms with E-state index in [4.69, 9.17) is 11.0 Å². The lowest BCUT2D eigenvalue weighted by Gasteiger charge is -2.02. The van der Waals surface area contributed by atoms with Crippen LogP contribution in [0.4, 0.5) is 0 Å². The molecule has 1 atom stereocenters. The van der Waals surface area contributed by atoms with E-state index in [2.05, 4.69) is 0 Å². The highest BCUT2D eigenvalue weighted by Crippen LogP contribution is 2.30. The monoisotopic (exact) mass is 172 g/mol. The Balaban J connectivity index is 2.71. The fraction of sp³-hybridized carbons (Fsp3) is 0.200. The Kier molecular flexibility index (Phi) is 1.64. The van der Waals surface area contributed by atoms with Gasteiger partial charge in [-0.3, -0.25) is 4.79 Å². The van der Waals surface area contributed by atoms with Crippen LogP contribution in [0.5, 0.6) is 0 Å². The molecule has 2 N–H and O–H groups in total. The van der Waals surface area contributed by atoms with Crippen molar-refractivity contribution in [1.29, 1.82) is 5.26 Å². The Morgan fingerprint density at radius 3 is 3.00 bits per heavy atom. The highest BCUT2D eigenvalue weighted by molar-refractivity contribution is 6.03. The Morgan fingerprint density at radius 1 is 1.54 bits per heavy atom. The van der Waals surface area contributed by atoms with Gasteiger partial charge in [0, 0.05) is 18.0 Å². The van der Waals surface area contributed by atoms with Crippen molar-refractivity contribution < 1.29 is 4.79 Å². The SMILES string of the molecule is N#Cc1cccc2c1C(=O)CC2N. The Bertz CT molecular complexity index is 417. The first-order valence-corrected chi connectivity index (χ1v) is 4.06. The van der Waals surface area contributed by atoms with Gasteiger partial charge in [0.05, 0.1) is 11.6 Å². The molecule has 1 aromatic rings. The van der Waals surface area contributed by atoms with E-state index in [-0.39, 0.29) is 11.8 Å². The van der Waals surface area contributed by atoms with Crippen molar-refractivity contribution in [1.82, 2.24) is 0 Å². The number of carbonyl (C=O) groups is 1. The number of nitriles is 1. The van der Waals surface area contributed by atoms with Crippen LogP contribution in [0, 0.1) is 11.3 Å². The van der Waals surface area contributed by atoms with Gasteiger partial charge in [0.25, 0.3) is 0 Å². The number of nitrogens with two attached hydrogens (primary N) is 1. The number of rotatable bonds is 0. The van der Waals surface area contributed by atoms with Crippen molar-refractivity contribution >= 4 is 5.78 Å². The molecule has 0 amide bonds. The summed E-state index contributed by atoms with van der Waals surface area (Å²) in [4.78, 5) is 11.4. The lowest BCUT2D eigenvalue weighted by atomic mass is 10.0. The van der Waals surface area contributed by atoms with E-state index in [1.165, 1.54) is 0 Å². The number of benzene rings is 1. The largest absolute Gasteiger partial charge is 0.324 e. The summed E-state index contributed by atoms with van der Waals surface area (Å²) in [5, 5.41) is 8.76. The fourth-order valence-corrected chi connectivity index (χ4v) is 1.70. The zero-order valence-corrected chi connectivity index (χ0v) is 6.95. The van der Waals surface area contributed by atoms with Crippen LogP contribution in [0.15, 0.2) is 18.2 Å². The number of carbonyl (C=O) groups excluding carboxylic acids is 1. The first kappa shape index (κ1) is 7.96. The first-order chi connectivity index (χ1) is 6.24. The van der Waals surface area contributed by atoms with Crippen molar-refractivity contribution in [2.75, 3.05) is 0 Å². The van der Waals surface area contributed by atoms with E-state index in [0.29, 0.717) is 17.5 Å². The average molecular weight is 172 g/mol. The molecule has 3 heteroatoms. The summed E-state index contributed by atoms with van der Waals surface area (Å²) in [7, 11) is 0. The Hall–Kier alpha value is -1.66. The van der Waals surface area contributed by atoms with Gasteiger partial charge >= 0.3 is 0 Å². The van der Waals surface area contributed by atoms with Gasteiger partial charge in [0.1, 0.15) is 0 Å². The topological polar surface area (TPSA) is 66.9 Å². The molecule has 2 rings (SSSR count). The Morgan fingerprint density at radius 2 is 2.31 bits per heavy atom. The number of nitrogens with zero attached hydrogens (tertiary/aromatic N) is 1. The maximum Gasteiger partial charge on any atom is 0.166 e. The molecule has 64 valence electrons. The second kappa shape index (κ2) is 2.68. The van der Waals surface area contributed by atoms with Gasteiger partial charge in [-0.1, -0.05) is 12.1 Å². The molecule has 1 aromatic carbocycles. The standard InChI is InChI=1S/C10H8N2O/c11-5-6-2-1-3-7-8(12)4-9(13)10(6)7/h1-3,8H,4,12H2. The molecule has 0 radical (unpaired) electrons. The summed E-state index contributed by atoms with van der Waals surface area (Å²) in [5.41, 5.74) is 7.51. The maximum atomic E-state index is 11.4. The minimum Gasteiger partial charge on any atom is -0.324 e. The fourth-order valence-electron chi connectivity index (χ4n) is 1.70. The summed E-state index contributed by atoms with van der Waals surface area (Å²) >= 11 is 0. The number of hydrogen-bond donors (Lipinski definition) is 1. The molecule has 0 fully saturated rings. The molecule has 0 aliphatic heterocycles. The van der Waals surface area contributed by atoms with Crippen LogP contribution in [0.1, 0.15) is 33.9 Å². The van der Waals surface area contributed by atoms with Gasteiger partial charge in [0.2, 0.25) is 0 Å². The van der Waals surface area contributed by atoms with Gasteiger partial charge in [-0.25, -0.2) is 0 Å². The summed E-state index contributed by atoms with van der Waals surface area (Å²) in [6, 6.07) is 6.99. The molecule has 1 unspecified atom stereocenters. The van der Waals surface area contributed by atoms with Crippen LogP contribution in [-0.4, -0.2) is 5.78 Å². The minimum absolute atomic E-state index is 0.0142. The number of ketones is 1. The predicted molar refractivity (Wildman–Crippen MR) is 47.0 cm³/mol. The molecule has 0 saturated carbocycles. The van der Waals surface area contributed by atoms with Crippen LogP contribution in [-0.2, 0) is 0 Å². The number of hydrogen-bond acceptors (Lipinski definition) is 3. The molecule has 0 saturated heterocycles. The molecule has 0 bridgehead atoms. The normalized spacial score (nSPS) is 19.7. The van der Waals surface area contributed by atoms with Crippen LogP contribution >= 0.6 is 0 Å². The maximum absolute atomic E-state index is 11.4. The number of Topliss-reactive ketones (excluding diaryl/α,β-unsaturated/α-hetero) is 1. The molecule has 1 aliphatic rings. The molecule has 1 aliphatic carbocycles. The van der Waals surface area contributed by atoms with E-state index < -0.39 is 0 Å². The smallest absolute Gasteiger partial charge is 0.166 e. The second-order valence-corrected chi connectivity index (χ2v) is 3.12. The molecule has 3 nitrogen and oxygen atoms in total. The van der Waals surface area contributed by atoms with Gasteiger partial charge in [-0.2, -0.15) is 5.26 Å². The highest BCUT2D eigenvalue weighted by Gasteiger charge is 2.28. The van der Waals surface area contributed by atoms with E-state index in [1.54, 1.807) is 12.1 Å². The van der Waals surface area contributed by atoms with E-state index in [0.717, 1.165) is 5.56 Å². The molecule has 13 heavy (non-hydrogen) atoms. The third-order valence-electron chi connectivity index (χ3n) is 2.30. The van der Waals surface area contributed by atoms with E-state index in [1.807, 2.05) is 12.1 Å². The van der Waals surface area contributed by atoms with Crippen molar-refractivity contribution in [2.24, 2.45) is 5.73 Å². The van der Waals surface area contributed by atoms with Crippen LogP contribution in [0.2, 0.25) is 0 Å². The third-order valence-corrected chi connectivity index (χ3v) is 2.30. The van der Waals surface area contributed by atoms with E-state index >= 15 is 0 Å². The second-order valence-electron chi connectivity index (χ2n) is 3.12. The summed E-state index contributed by atoms with van der Waals surface area (Å²) in [6.07, 6.45) is 0.327. The van der Waals surface area contributed by atoms with Crippen LogP contribution in [0.25, 0.3) is 0 Å². The zero-order valence-electron chi connectivity index (χ0n) is 6.95. The molecule has 0 aromatic heterocycles. The summed E-state index contributed by atoms with van der Waals surface area (Å²) in [5.74, 6) is -0.0142. The summed E-state index contributed by atoms with van der Waals surface area (Å²) < 4.78 is 0. The average Bonchev–Trinajstić information content (AvgIpc) is 2.43. The lowest BCUT2D eigenvalue weighted by molar-refractivity contribution is 0.0989. The van der Waals surface area contributed by atoms with Gasteiger partial charge in [-0.05, 0) is 11.6 Å². The molecule has 0 spiro atoms. The number of fused-ring (bicyclic) bond motifs is 1. The van der Waals surface area contributed by atoms with Gasteiger partial charge < -0.3 is 5.73 Å². The predicted octanol–water partition coefficient (Wildman–Crippen LogP) is 1.14. The Labute approximate surface area is 75.8 Å².